The summed E-state index contributed by atoms with van der Waals surface area (Å²) in [5.41, 5.74) is 0.283. The van der Waals surface area contributed by atoms with Crippen LogP contribution in [0.4, 0.5) is 8.78 Å². The quantitative estimate of drug-likeness (QED) is 0.814. The maximum absolute atomic E-state index is 13.2. The second-order valence-electron chi connectivity index (χ2n) is 3.36. The first-order valence-corrected chi connectivity index (χ1v) is 4.75. The second kappa shape index (κ2) is 5.78. The van der Waals surface area contributed by atoms with Crippen LogP contribution in [-0.2, 0) is 11.2 Å². The van der Waals surface area contributed by atoms with Crippen molar-refractivity contribution in [2.45, 2.75) is 18.9 Å². The molecule has 0 radical (unpaired) electrons. The Morgan fingerprint density at radius 2 is 2.13 bits per heavy atom. The summed E-state index contributed by atoms with van der Waals surface area (Å²) in [5.74, 6) is -1.68. The van der Waals surface area contributed by atoms with E-state index in [1.165, 1.54) is 19.2 Å². The van der Waals surface area contributed by atoms with Gasteiger partial charge in [0.15, 0.2) is 11.6 Å². The molecule has 2 nitrogen and oxygen atoms in total. The van der Waals surface area contributed by atoms with Crippen LogP contribution in [-0.4, -0.2) is 24.9 Å². The van der Waals surface area contributed by atoms with Crippen molar-refractivity contribution < 1.29 is 18.6 Å². The van der Waals surface area contributed by atoms with Gasteiger partial charge in [-0.15, -0.1) is 0 Å². The number of hydrogen-bond acceptors (Lipinski definition) is 2. The molecule has 0 aliphatic heterocycles. The van der Waals surface area contributed by atoms with Gasteiger partial charge >= 0.3 is 0 Å². The smallest absolute Gasteiger partial charge is 0.162 e. The number of rotatable bonds is 5. The van der Waals surface area contributed by atoms with E-state index < -0.39 is 17.7 Å². The van der Waals surface area contributed by atoms with Crippen LogP contribution in [0.5, 0.6) is 0 Å². The van der Waals surface area contributed by atoms with Crippen molar-refractivity contribution in [2.24, 2.45) is 0 Å². The van der Waals surface area contributed by atoms with Gasteiger partial charge in [-0.2, -0.15) is 0 Å². The molecule has 0 aliphatic rings. The van der Waals surface area contributed by atoms with Gasteiger partial charge in [0, 0.05) is 7.11 Å². The summed E-state index contributed by atoms with van der Waals surface area (Å²) in [6, 6.07) is 4.04. The maximum atomic E-state index is 13.2. The van der Waals surface area contributed by atoms with Gasteiger partial charge in [-0.25, -0.2) is 8.78 Å². The number of hydrogen-bond donors (Lipinski definition) is 1. The third-order valence-electron chi connectivity index (χ3n) is 2.14. The zero-order chi connectivity index (χ0) is 11.3. The Morgan fingerprint density at radius 1 is 1.40 bits per heavy atom. The van der Waals surface area contributed by atoms with Gasteiger partial charge in [0.1, 0.15) is 0 Å². The maximum Gasteiger partial charge on any atom is 0.162 e. The monoisotopic (exact) mass is 216 g/mol. The fraction of sp³-hybridized carbons (Fsp3) is 0.455. The summed E-state index contributed by atoms with van der Waals surface area (Å²) < 4.78 is 30.7. The van der Waals surface area contributed by atoms with E-state index in [-0.39, 0.29) is 12.2 Å². The predicted molar refractivity (Wildman–Crippen MR) is 52.6 cm³/mol. The van der Waals surface area contributed by atoms with E-state index in [9.17, 15) is 13.9 Å². The average molecular weight is 216 g/mol. The number of ether oxygens (including phenoxy) is 1. The second-order valence-corrected chi connectivity index (χ2v) is 3.36. The van der Waals surface area contributed by atoms with Crippen LogP contribution in [0.1, 0.15) is 12.0 Å². The number of methoxy groups -OCH3 is 1. The predicted octanol–water partition coefficient (Wildman–Crippen LogP) is 1.90. The lowest BCUT2D eigenvalue weighted by molar-refractivity contribution is 0.0594. The van der Waals surface area contributed by atoms with Crippen LogP contribution in [0.2, 0.25) is 0 Å². The summed E-state index contributed by atoms with van der Waals surface area (Å²) >= 11 is 0. The molecule has 4 heteroatoms. The van der Waals surface area contributed by atoms with Crippen LogP contribution >= 0.6 is 0 Å². The van der Waals surface area contributed by atoms with E-state index in [1.54, 1.807) is 0 Å². The van der Waals surface area contributed by atoms with Crippen molar-refractivity contribution in [3.05, 3.63) is 35.4 Å². The molecule has 15 heavy (non-hydrogen) atoms. The zero-order valence-electron chi connectivity index (χ0n) is 8.54. The molecule has 1 aromatic rings. The van der Waals surface area contributed by atoms with Gasteiger partial charge in [0.2, 0.25) is 0 Å². The number of benzene rings is 1. The summed E-state index contributed by atoms with van der Waals surface area (Å²) in [6.07, 6.45) is 0.0140. The first-order chi connectivity index (χ1) is 7.15. The van der Waals surface area contributed by atoms with Crippen LogP contribution in [0.15, 0.2) is 18.2 Å². The van der Waals surface area contributed by atoms with Crippen molar-refractivity contribution >= 4 is 0 Å². The van der Waals surface area contributed by atoms with Gasteiger partial charge < -0.3 is 9.84 Å². The molecule has 0 aliphatic carbocycles. The number of aliphatic hydroxyl groups excluding tert-OH is 1. The molecule has 0 spiro atoms. The van der Waals surface area contributed by atoms with Gasteiger partial charge in [0.25, 0.3) is 0 Å². The molecule has 0 amide bonds. The van der Waals surface area contributed by atoms with E-state index in [1.807, 2.05) is 0 Å². The minimum Gasteiger partial charge on any atom is -0.391 e. The molecule has 84 valence electrons. The molecule has 0 saturated carbocycles. The summed E-state index contributed by atoms with van der Waals surface area (Å²) in [7, 11) is 1.48. The third-order valence-corrected chi connectivity index (χ3v) is 2.14. The molecule has 1 unspecified atom stereocenters. The van der Waals surface area contributed by atoms with Crippen molar-refractivity contribution in [3.63, 3.8) is 0 Å². The largest absolute Gasteiger partial charge is 0.391 e. The third kappa shape index (κ3) is 3.57. The summed E-state index contributed by atoms with van der Waals surface area (Å²) in [4.78, 5) is 0. The van der Waals surface area contributed by atoms with Crippen molar-refractivity contribution in [3.8, 4) is 0 Å². The van der Waals surface area contributed by atoms with Crippen LogP contribution in [0.3, 0.4) is 0 Å². The fourth-order valence-electron chi connectivity index (χ4n) is 1.34. The van der Waals surface area contributed by atoms with Gasteiger partial charge in [-0.3, -0.25) is 0 Å². The molecule has 0 heterocycles. The lowest BCUT2D eigenvalue weighted by Crippen LogP contribution is -2.15. The van der Waals surface area contributed by atoms with Crippen molar-refractivity contribution in [2.75, 3.05) is 13.7 Å². The minimum atomic E-state index is -0.853. The highest BCUT2D eigenvalue weighted by atomic mass is 19.2. The molecule has 0 aromatic heterocycles. The zero-order valence-corrected chi connectivity index (χ0v) is 8.54. The molecule has 1 N–H and O–H groups in total. The molecule has 1 aromatic carbocycles. The first kappa shape index (κ1) is 12.1. The number of aryl methyl sites for hydroxylation is 1. The molecule has 0 bridgehead atoms. The van der Waals surface area contributed by atoms with Gasteiger partial charge in [0.05, 0.1) is 12.7 Å². The van der Waals surface area contributed by atoms with E-state index in [0.29, 0.717) is 12.8 Å². The Labute approximate surface area is 87.5 Å². The van der Waals surface area contributed by atoms with Crippen LogP contribution in [0.25, 0.3) is 0 Å². The minimum absolute atomic E-state index is 0.205. The summed E-state index contributed by atoms with van der Waals surface area (Å²) in [6.45, 7) is 0.205. The number of halogens is 2. The van der Waals surface area contributed by atoms with Crippen molar-refractivity contribution in [1.29, 1.82) is 0 Å². The Balaban J connectivity index is 2.54. The van der Waals surface area contributed by atoms with E-state index in [2.05, 4.69) is 0 Å². The molecule has 0 saturated heterocycles. The standard InChI is InChI=1S/C11H14F2O2/c1-15-7-9(14)6-5-8-3-2-4-10(12)11(8)13/h2-4,9,14H,5-7H2,1H3. The Bertz CT molecular complexity index is 315. The highest BCUT2D eigenvalue weighted by Crippen LogP contribution is 2.13. The molecule has 1 rings (SSSR count). The Morgan fingerprint density at radius 3 is 2.80 bits per heavy atom. The lowest BCUT2D eigenvalue weighted by Gasteiger charge is -2.09. The van der Waals surface area contributed by atoms with E-state index in [4.69, 9.17) is 4.74 Å². The SMILES string of the molecule is COCC(O)CCc1cccc(F)c1F. The van der Waals surface area contributed by atoms with Crippen LogP contribution < -0.4 is 0 Å². The van der Waals surface area contributed by atoms with E-state index in [0.717, 1.165) is 6.07 Å². The van der Waals surface area contributed by atoms with Gasteiger partial charge in [-0.05, 0) is 24.5 Å². The van der Waals surface area contributed by atoms with Crippen LogP contribution in [0, 0.1) is 11.6 Å². The molecular formula is C11H14F2O2. The average Bonchev–Trinajstić information content (AvgIpc) is 2.21. The van der Waals surface area contributed by atoms with Crippen molar-refractivity contribution in [1.82, 2.24) is 0 Å². The van der Waals surface area contributed by atoms with E-state index >= 15 is 0 Å². The molecular weight excluding hydrogens is 202 g/mol. The highest BCUT2D eigenvalue weighted by molar-refractivity contribution is 5.19. The molecule has 1 atom stereocenters. The highest BCUT2D eigenvalue weighted by Gasteiger charge is 2.09. The molecule has 0 fully saturated rings. The Hall–Kier alpha value is -1.00. The topological polar surface area (TPSA) is 29.5 Å². The first-order valence-electron chi connectivity index (χ1n) is 4.75. The Kier molecular flexibility index (Phi) is 4.65. The normalized spacial score (nSPS) is 12.8. The van der Waals surface area contributed by atoms with Gasteiger partial charge in [-0.1, -0.05) is 12.1 Å². The summed E-state index contributed by atoms with van der Waals surface area (Å²) in [5, 5.41) is 9.33. The lowest BCUT2D eigenvalue weighted by atomic mass is 10.1. The number of aliphatic hydroxyl groups is 1. The fourth-order valence-corrected chi connectivity index (χ4v) is 1.34.